The number of rotatable bonds is 5. The molecule has 4 nitrogen and oxygen atoms in total. The van der Waals surface area contributed by atoms with Crippen molar-refractivity contribution < 1.29 is 18.3 Å². The van der Waals surface area contributed by atoms with Crippen molar-refractivity contribution in [3.8, 4) is 0 Å². The zero-order valence-electron chi connectivity index (χ0n) is 11.9. The topological polar surface area (TPSA) is 44.1 Å². The van der Waals surface area contributed by atoms with E-state index >= 15 is 0 Å². The van der Waals surface area contributed by atoms with Crippen molar-refractivity contribution in [3.63, 3.8) is 0 Å². The highest BCUT2D eigenvalue weighted by atomic mass is 35.5. The van der Waals surface area contributed by atoms with Crippen LogP contribution in [0.2, 0.25) is 5.15 Å². The van der Waals surface area contributed by atoms with E-state index in [0.29, 0.717) is 11.1 Å². The zero-order chi connectivity index (χ0) is 16.3. The predicted octanol–water partition coefficient (Wildman–Crippen LogP) is 3.68. The van der Waals surface area contributed by atoms with Gasteiger partial charge in [-0.1, -0.05) is 11.6 Å². The van der Waals surface area contributed by atoms with Gasteiger partial charge in [0.1, 0.15) is 22.5 Å². The molecule has 2 rings (SSSR count). The fraction of sp³-hybridized carbons (Fsp3) is 0.200. The molecule has 0 fully saturated rings. The number of carbonyl (C=O) groups is 1. The number of nitrogens with zero attached hydrogens (tertiary/aromatic N) is 2. The van der Waals surface area contributed by atoms with Gasteiger partial charge in [-0.15, -0.1) is 0 Å². The standard InChI is InChI=1S/C15H13ClF2N2O2/c1-9(21)14-13(3-4-22-2)15(16)20(19-14)8-10-5-11(17)7-12(18)6-10/h3-7H,8H2,1-2H3. The van der Waals surface area contributed by atoms with Gasteiger partial charge in [0.15, 0.2) is 5.78 Å². The second kappa shape index (κ2) is 6.70. The lowest BCUT2D eigenvalue weighted by atomic mass is 10.2. The minimum absolute atomic E-state index is 0.0363. The van der Waals surface area contributed by atoms with Gasteiger partial charge in [0.05, 0.1) is 19.9 Å². The summed E-state index contributed by atoms with van der Waals surface area (Å²) in [6.45, 7) is 1.39. The molecule has 0 atom stereocenters. The number of methoxy groups -OCH3 is 1. The molecule has 0 aliphatic heterocycles. The zero-order valence-corrected chi connectivity index (χ0v) is 12.7. The maximum atomic E-state index is 13.2. The van der Waals surface area contributed by atoms with Gasteiger partial charge in [0.2, 0.25) is 0 Å². The Hall–Kier alpha value is -2.21. The van der Waals surface area contributed by atoms with Crippen molar-refractivity contribution in [2.75, 3.05) is 7.11 Å². The number of benzene rings is 1. The summed E-state index contributed by atoms with van der Waals surface area (Å²) in [5.74, 6) is -1.66. The average Bonchev–Trinajstić information content (AvgIpc) is 2.72. The number of hydrogen-bond acceptors (Lipinski definition) is 3. The molecule has 1 aromatic heterocycles. The van der Waals surface area contributed by atoms with Crippen LogP contribution in [0.15, 0.2) is 24.5 Å². The van der Waals surface area contributed by atoms with Crippen LogP contribution in [-0.2, 0) is 11.3 Å². The molecule has 0 unspecified atom stereocenters. The first-order valence-corrected chi connectivity index (χ1v) is 6.71. The second-order valence-corrected chi connectivity index (χ2v) is 4.94. The molecule has 1 aromatic carbocycles. The van der Waals surface area contributed by atoms with Crippen molar-refractivity contribution in [2.24, 2.45) is 0 Å². The molecule has 0 saturated carbocycles. The molecule has 0 spiro atoms. The lowest BCUT2D eigenvalue weighted by Gasteiger charge is -2.04. The Morgan fingerprint density at radius 1 is 1.36 bits per heavy atom. The fourth-order valence-corrected chi connectivity index (χ4v) is 2.23. The van der Waals surface area contributed by atoms with Crippen molar-refractivity contribution in [1.82, 2.24) is 9.78 Å². The average molecular weight is 327 g/mol. The summed E-state index contributed by atoms with van der Waals surface area (Å²) in [4.78, 5) is 11.6. The summed E-state index contributed by atoms with van der Waals surface area (Å²) < 4.78 is 32.6. The van der Waals surface area contributed by atoms with Gasteiger partial charge < -0.3 is 4.74 Å². The van der Waals surface area contributed by atoms with Crippen LogP contribution in [0.5, 0.6) is 0 Å². The Morgan fingerprint density at radius 2 is 2.00 bits per heavy atom. The van der Waals surface area contributed by atoms with Gasteiger partial charge in [0.25, 0.3) is 0 Å². The van der Waals surface area contributed by atoms with Crippen LogP contribution in [0.4, 0.5) is 8.78 Å². The maximum absolute atomic E-state index is 13.2. The summed E-state index contributed by atoms with van der Waals surface area (Å²) in [7, 11) is 1.46. The highest BCUT2D eigenvalue weighted by Gasteiger charge is 2.18. The number of hydrogen-bond donors (Lipinski definition) is 0. The molecule has 0 aliphatic carbocycles. The lowest BCUT2D eigenvalue weighted by Crippen LogP contribution is -2.04. The molecule has 0 amide bonds. The molecule has 7 heteroatoms. The minimum atomic E-state index is -0.690. The largest absolute Gasteiger partial charge is 0.504 e. The first kappa shape index (κ1) is 16.2. The molecule has 2 aromatic rings. The van der Waals surface area contributed by atoms with Crippen LogP contribution in [0.25, 0.3) is 6.08 Å². The highest BCUT2D eigenvalue weighted by molar-refractivity contribution is 6.31. The maximum Gasteiger partial charge on any atom is 0.180 e. The van der Waals surface area contributed by atoms with Crippen LogP contribution in [-0.4, -0.2) is 22.7 Å². The van der Waals surface area contributed by atoms with Gasteiger partial charge in [-0.3, -0.25) is 4.79 Å². The molecule has 0 saturated heterocycles. The quantitative estimate of drug-likeness (QED) is 0.622. The number of ketones is 1. The van der Waals surface area contributed by atoms with Gasteiger partial charge in [-0.25, -0.2) is 13.5 Å². The molecular weight excluding hydrogens is 314 g/mol. The van der Waals surface area contributed by atoms with Crippen molar-refractivity contribution in [1.29, 1.82) is 0 Å². The second-order valence-electron chi connectivity index (χ2n) is 4.58. The summed E-state index contributed by atoms with van der Waals surface area (Å²) >= 11 is 6.19. The van der Waals surface area contributed by atoms with Gasteiger partial charge >= 0.3 is 0 Å². The number of carbonyl (C=O) groups excluding carboxylic acids is 1. The van der Waals surface area contributed by atoms with E-state index in [-0.39, 0.29) is 23.2 Å². The number of ether oxygens (including phenoxy) is 1. The van der Waals surface area contributed by atoms with Gasteiger partial charge in [-0.2, -0.15) is 5.10 Å². The van der Waals surface area contributed by atoms with E-state index < -0.39 is 11.6 Å². The van der Waals surface area contributed by atoms with E-state index in [1.54, 1.807) is 0 Å². The van der Waals surface area contributed by atoms with E-state index in [1.807, 2.05) is 0 Å². The Labute approximate surface area is 131 Å². The van der Waals surface area contributed by atoms with E-state index in [4.69, 9.17) is 16.3 Å². The molecule has 116 valence electrons. The Balaban J connectivity index is 2.43. The molecule has 22 heavy (non-hydrogen) atoms. The highest BCUT2D eigenvalue weighted by Crippen LogP contribution is 2.23. The van der Waals surface area contributed by atoms with Gasteiger partial charge in [-0.05, 0) is 23.8 Å². The lowest BCUT2D eigenvalue weighted by molar-refractivity contribution is 0.101. The molecule has 0 N–H and O–H groups in total. The van der Waals surface area contributed by atoms with E-state index in [0.717, 1.165) is 6.07 Å². The van der Waals surface area contributed by atoms with Crippen LogP contribution in [0.3, 0.4) is 0 Å². The first-order chi connectivity index (χ1) is 10.4. The monoisotopic (exact) mass is 326 g/mol. The normalized spacial score (nSPS) is 11.1. The molecule has 0 radical (unpaired) electrons. The van der Waals surface area contributed by atoms with E-state index in [2.05, 4.69) is 5.10 Å². The summed E-state index contributed by atoms with van der Waals surface area (Å²) in [5.41, 5.74) is 0.905. The summed E-state index contributed by atoms with van der Waals surface area (Å²) in [6, 6.07) is 3.14. The predicted molar refractivity (Wildman–Crippen MR) is 78.7 cm³/mol. The summed E-state index contributed by atoms with van der Waals surface area (Å²) in [5, 5.41) is 4.28. The Morgan fingerprint density at radius 3 is 2.55 bits per heavy atom. The molecule has 1 heterocycles. The fourth-order valence-electron chi connectivity index (χ4n) is 1.98. The third-order valence-electron chi connectivity index (χ3n) is 2.88. The number of halogens is 3. The third-order valence-corrected chi connectivity index (χ3v) is 3.28. The molecule has 0 aliphatic rings. The van der Waals surface area contributed by atoms with Crippen LogP contribution >= 0.6 is 11.6 Å². The number of Topliss-reactive ketones (excluding diaryl/α,β-unsaturated/α-hetero) is 1. The first-order valence-electron chi connectivity index (χ1n) is 6.34. The van der Waals surface area contributed by atoms with Crippen LogP contribution in [0, 0.1) is 11.6 Å². The minimum Gasteiger partial charge on any atom is -0.504 e. The molecule has 0 bridgehead atoms. The third kappa shape index (κ3) is 3.51. The Kier molecular flexibility index (Phi) is 4.92. The smallest absolute Gasteiger partial charge is 0.180 e. The van der Waals surface area contributed by atoms with Crippen molar-refractivity contribution >= 4 is 23.5 Å². The van der Waals surface area contributed by atoms with E-state index in [9.17, 15) is 13.6 Å². The van der Waals surface area contributed by atoms with Crippen molar-refractivity contribution in [3.05, 3.63) is 58.1 Å². The summed E-state index contributed by atoms with van der Waals surface area (Å²) in [6.07, 6.45) is 2.87. The van der Waals surface area contributed by atoms with Crippen molar-refractivity contribution in [2.45, 2.75) is 13.5 Å². The van der Waals surface area contributed by atoms with Crippen LogP contribution in [0.1, 0.15) is 28.5 Å². The van der Waals surface area contributed by atoms with E-state index in [1.165, 1.54) is 43.2 Å². The molecular formula is C15H13ClF2N2O2. The number of aromatic nitrogens is 2. The SMILES string of the molecule is COC=Cc1c(C(C)=O)nn(Cc2cc(F)cc(F)c2)c1Cl. The van der Waals surface area contributed by atoms with Crippen LogP contribution < -0.4 is 0 Å². The Bertz CT molecular complexity index is 721. The van der Waals surface area contributed by atoms with Gasteiger partial charge in [0, 0.05) is 18.6 Å².